The lowest BCUT2D eigenvalue weighted by Gasteiger charge is -2.33. The molecule has 0 amide bonds. The van der Waals surface area contributed by atoms with Gasteiger partial charge >= 0.3 is 0 Å². The molecule has 0 unspecified atom stereocenters. The van der Waals surface area contributed by atoms with Gasteiger partial charge in [0, 0.05) is 28.6 Å². The predicted molar refractivity (Wildman–Crippen MR) is 166 cm³/mol. The van der Waals surface area contributed by atoms with E-state index in [1.165, 1.54) is 10.8 Å². The standard InChI is InChI=1S/C36H21BN2O2/c1-3-8-26-20-38-30(18-22(26)6-1)24-12-14-32-28(16-24)37-29-17-25(31-19-23-7-2-4-9-27(23)21-39-31)13-15-33(29)41-35-11-5-10-34(40-32)36(35)37/h1-21H. The largest absolute Gasteiger partial charge is 0.458 e. The Morgan fingerprint density at radius 3 is 1.44 bits per heavy atom. The second-order valence-electron chi connectivity index (χ2n) is 10.6. The zero-order valence-corrected chi connectivity index (χ0v) is 21.9. The highest BCUT2D eigenvalue weighted by molar-refractivity contribution is 6.98. The zero-order valence-electron chi connectivity index (χ0n) is 21.9. The van der Waals surface area contributed by atoms with E-state index < -0.39 is 0 Å². The summed E-state index contributed by atoms with van der Waals surface area (Å²) in [5.41, 5.74) is 7.24. The first-order valence-electron chi connectivity index (χ1n) is 13.8. The van der Waals surface area contributed by atoms with Gasteiger partial charge in [0.05, 0.1) is 11.4 Å². The minimum Gasteiger partial charge on any atom is -0.458 e. The second kappa shape index (κ2) is 8.54. The Balaban J connectivity index is 1.22. The van der Waals surface area contributed by atoms with Gasteiger partial charge in [-0.05, 0) is 81.4 Å². The van der Waals surface area contributed by atoms with E-state index in [4.69, 9.17) is 19.4 Å². The number of nitrogens with zero attached hydrogens (tertiary/aromatic N) is 2. The summed E-state index contributed by atoms with van der Waals surface area (Å²) in [5, 5.41) is 4.60. The van der Waals surface area contributed by atoms with E-state index in [0.29, 0.717) is 0 Å². The molecule has 2 aliphatic heterocycles. The van der Waals surface area contributed by atoms with E-state index in [0.717, 1.165) is 72.7 Å². The Kier molecular flexibility index (Phi) is 4.67. The fourth-order valence-electron chi connectivity index (χ4n) is 6.24. The van der Waals surface area contributed by atoms with Gasteiger partial charge in [-0.3, -0.25) is 9.97 Å². The monoisotopic (exact) mass is 524 g/mol. The molecule has 0 atom stereocenters. The van der Waals surface area contributed by atoms with Crippen molar-refractivity contribution in [2.45, 2.75) is 0 Å². The molecule has 0 radical (unpaired) electrons. The normalized spacial score (nSPS) is 12.7. The first kappa shape index (κ1) is 22.4. The molecule has 5 heteroatoms. The average Bonchev–Trinajstić information content (AvgIpc) is 3.04. The maximum atomic E-state index is 6.45. The van der Waals surface area contributed by atoms with Crippen molar-refractivity contribution in [2.24, 2.45) is 0 Å². The summed E-state index contributed by atoms with van der Waals surface area (Å²) in [6.07, 6.45) is 3.89. The van der Waals surface area contributed by atoms with Gasteiger partial charge in [0.15, 0.2) is 0 Å². The molecule has 4 nitrogen and oxygen atoms in total. The lowest BCUT2D eigenvalue weighted by Crippen LogP contribution is -2.57. The van der Waals surface area contributed by atoms with Crippen LogP contribution in [0.4, 0.5) is 0 Å². The van der Waals surface area contributed by atoms with Crippen LogP contribution in [0.3, 0.4) is 0 Å². The Labute approximate surface area is 237 Å². The number of rotatable bonds is 2. The molecule has 9 rings (SSSR count). The smallest absolute Gasteiger partial charge is 0.260 e. The van der Waals surface area contributed by atoms with Gasteiger partial charge in [-0.25, -0.2) is 0 Å². The quantitative estimate of drug-likeness (QED) is 0.232. The third kappa shape index (κ3) is 3.49. The van der Waals surface area contributed by atoms with Crippen LogP contribution in [-0.4, -0.2) is 16.7 Å². The van der Waals surface area contributed by atoms with E-state index in [2.05, 4.69) is 84.9 Å². The lowest BCUT2D eigenvalue weighted by molar-refractivity contribution is 0.464. The van der Waals surface area contributed by atoms with Gasteiger partial charge in [-0.15, -0.1) is 0 Å². The molecule has 0 aliphatic carbocycles. The SMILES string of the molecule is c1cc2c3c(c1)Oc1ccc(-c4cc5ccccc5cn4)cc1B3c1cc(-c3cc4ccccc4cn3)ccc1O2. The maximum absolute atomic E-state index is 6.45. The highest BCUT2D eigenvalue weighted by atomic mass is 16.5. The van der Waals surface area contributed by atoms with Crippen LogP contribution in [0.2, 0.25) is 0 Å². The summed E-state index contributed by atoms with van der Waals surface area (Å²) < 4.78 is 12.9. The van der Waals surface area contributed by atoms with Crippen molar-refractivity contribution in [3.8, 4) is 45.5 Å². The van der Waals surface area contributed by atoms with Crippen molar-refractivity contribution in [2.75, 3.05) is 0 Å². The molecular formula is C36H21BN2O2. The van der Waals surface area contributed by atoms with Crippen molar-refractivity contribution >= 4 is 44.6 Å². The number of benzene rings is 5. The molecule has 0 N–H and O–H groups in total. The summed E-state index contributed by atoms with van der Waals surface area (Å²) in [5.74, 6) is 3.37. The number of hydrogen-bond acceptors (Lipinski definition) is 4. The summed E-state index contributed by atoms with van der Waals surface area (Å²) in [6.45, 7) is -0.0467. The van der Waals surface area contributed by atoms with Crippen molar-refractivity contribution in [1.29, 1.82) is 0 Å². The molecule has 7 aromatic rings. The van der Waals surface area contributed by atoms with Crippen LogP contribution in [0.1, 0.15) is 0 Å². The molecule has 0 saturated heterocycles. The average molecular weight is 524 g/mol. The molecular weight excluding hydrogens is 503 g/mol. The molecule has 0 fully saturated rings. The molecule has 0 bridgehead atoms. The Hall–Kier alpha value is -5.42. The van der Waals surface area contributed by atoms with Crippen LogP contribution in [0.25, 0.3) is 44.1 Å². The first-order valence-corrected chi connectivity index (χ1v) is 13.8. The minimum atomic E-state index is -0.0467. The fraction of sp³-hybridized carbons (Fsp3) is 0. The van der Waals surface area contributed by atoms with Crippen LogP contribution in [0, 0.1) is 0 Å². The molecule has 190 valence electrons. The highest BCUT2D eigenvalue weighted by Crippen LogP contribution is 2.36. The van der Waals surface area contributed by atoms with Crippen molar-refractivity contribution in [3.05, 3.63) is 128 Å². The van der Waals surface area contributed by atoms with Crippen LogP contribution >= 0.6 is 0 Å². The first-order chi connectivity index (χ1) is 20.3. The van der Waals surface area contributed by atoms with Crippen LogP contribution in [0.5, 0.6) is 23.0 Å². The van der Waals surface area contributed by atoms with E-state index in [1.807, 2.05) is 42.7 Å². The van der Waals surface area contributed by atoms with Gasteiger partial charge in [-0.1, -0.05) is 66.7 Å². The van der Waals surface area contributed by atoms with Crippen molar-refractivity contribution < 1.29 is 9.47 Å². The number of hydrogen-bond donors (Lipinski definition) is 0. The van der Waals surface area contributed by atoms with Gasteiger partial charge < -0.3 is 9.47 Å². The predicted octanol–water partition coefficient (Wildman–Crippen LogP) is 6.84. The van der Waals surface area contributed by atoms with Crippen LogP contribution in [-0.2, 0) is 0 Å². The molecule has 0 saturated carbocycles. The highest BCUT2D eigenvalue weighted by Gasteiger charge is 2.40. The zero-order chi connectivity index (χ0) is 26.9. The minimum absolute atomic E-state index is 0.0467. The lowest BCUT2D eigenvalue weighted by atomic mass is 9.34. The third-order valence-electron chi connectivity index (χ3n) is 8.25. The van der Waals surface area contributed by atoms with E-state index in [9.17, 15) is 0 Å². The molecule has 0 spiro atoms. The maximum Gasteiger partial charge on any atom is 0.260 e. The van der Waals surface area contributed by atoms with E-state index in [-0.39, 0.29) is 6.71 Å². The molecule has 2 aliphatic rings. The van der Waals surface area contributed by atoms with Crippen molar-refractivity contribution in [3.63, 3.8) is 0 Å². The number of fused-ring (bicyclic) bond motifs is 6. The Bertz CT molecular complexity index is 2040. The summed E-state index contributed by atoms with van der Waals surface area (Å²) in [6, 6.07) is 39.8. The second-order valence-corrected chi connectivity index (χ2v) is 10.6. The van der Waals surface area contributed by atoms with E-state index >= 15 is 0 Å². The van der Waals surface area contributed by atoms with E-state index in [1.54, 1.807) is 0 Å². The summed E-state index contributed by atoms with van der Waals surface area (Å²) >= 11 is 0. The Morgan fingerprint density at radius 2 is 0.927 bits per heavy atom. The Morgan fingerprint density at radius 1 is 0.439 bits per heavy atom. The molecule has 2 aromatic heterocycles. The van der Waals surface area contributed by atoms with Gasteiger partial charge in [-0.2, -0.15) is 0 Å². The van der Waals surface area contributed by atoms with Crippen LogP contribution < -0.4 is 25.9 Å². The molecule has 4 heterocycles. The van der Waals surface area contributed by atoms with Gasteiger partial charge in [0.1, 0.15) is 23.0 Å². The van der Waals surface area contributed by atoms with Crippen molar-refractivity contribution in [1.82, 2.24) is 9.97 Å². The molecule has 41 heavy (non-hydrogen) atoms. The number of aromatic nitrogens is 2. The third-order valence-corrected chi connectivity index (χ3v) is 8.25. The van der Waals surface area contributed by atoms with Gasteiger partial charge in [0.25, 0.3) is 6.71 Å². The summed E-state index contributed by atoms with van der Waals surface area (Å²) in [4.78, 5) is 9.60. The van der Waals surface area contributed by atoms with Crippen LogP contribution in [0.15, 0.2) is 128 Å². The number of ether oxygens (including phenoxy) is 2. The molecule has 5 aromatic carbocycles. The topological polar surface area (TPSA) is 44.2 Å². The number of pyridine rings is 2. The fourth-order valence-corrected chi connectivity index (χ4v) is 6.24. The van der Waals surface area contributed by atoms with Gasteiger partial charge in [0.2, 0.25) is 0 Å². The summed E-state index contributed by atoms with van der Waals surface area (Å²) in [7, 11) is 0.